The van der Waals surface area contributed by atoms with E-state index in [1.54, 1.807) is 25.1 Å². The Bertz CT molecular complexity index is 414. The molecule has 0 saturated carbocycles. The van der Waals surface area contributed by atoms with Crippen LogP contribution in [0.4, 0.5) is 23.7 Å². The van der Waals surface area contributed by atoms with Crippen LogP contribution in [0.25, 0.3) is 0 Å². The van der Waals surface area contributed by atoms with Crippen LogP contribution in [0.15, 0.2) is 24.3 Å². The molecule has 0 heterocycles. The average Bonchev–Trinajstić information content (AvgIpc) is 2.27. The summed E-state index contributed by atoms with van der Waals surface area (Å²) < 4.78 is 38.6. The summed E-state index contributed by atoms with van der Waals surface area (Å²) in [4.78, 5) is 11.2. The highest BCUT2D eigenvalue weighted by atomic mass is 32.2. The number of amides is 1. The third kappa shape index (κ3) is 3.85. The third-order valence-electron chi connectivity index (χ3n) is 1.89. The molecule has 1 aromatic rings. The Kier molecular flexibility index (Phi) is 4.76. The summed E-state index contributed by atoms with van der Waals surface area (Å²) in [6.45, 7) is -0.186. The van der Waals surface area contributed by atoms with Crippen LogP contribution in [0.1, 0.15) is 5.56 Å². The second-order valence-corrected chi connectivity index (χ2v) is 4.75. The predicted octanol–water partition coefficient (Wildman–Crippen LogP) is 4.06. The minimum absolute atomic E-state index is 0.179. The van der Waals surface area contributed by atoms with Crippen LogP contribution in [0, 0.1) is 6.92 Å². The number of nitrogens with zero attached hydrogens (tertiary/aromatic N) is 1. The SMILES string of the molecule is Cc1ccccc1N(SC(F)(F)CF)C(=O)S. The van der Waals surface area contributed by atoms with E-state index in [1.807, 2.05) is 0 Å². The molecule has 0 aromatic heterocycles. The van der Waals surface area contributed by atoms with Gasteiger partial charge in [-0.3, -0.25) is 4.79 Å². The standard InChI is InChI=1S/C10H10F3NOS2/c1-7-4-2-3-5-8(7)14(9(15)16)17-10(12,13)6-11/h2-5H,6H2,1H3,(H,15,16). The molecule has 0 aliphatic heterocycles. The highest BCUT2D eigenvalue weighted by Gasteiger charge is 2.35. The molecule has 0 bridgehead atoms. The van der Waals surface area contributed by atoms with E-state index in [0.29, 0.717) is 9.87 Å². The van der Waals surface area contributed by atoms with Gasteiger partial charge >= 0.3 is 5.25 Å². The molecule has 0 aliphatic rings. The summed E-state index contributed by atoms with van der Waals surface area (Å²) >= 11 is 3.33. The van der Waals surface area contributed by atoms with Crippen LogP contribution in [-0.4, -0.2) is 17.2 Å². The number of alkyl halides is 3. The lowest BCUT2D eigenvalue weighted by atomic mass is 10.2. The van der Waals surface area contributed by atoms with Crippen molar-refractivity contribution in [3.05, 3.63) is 29.8 Å². The lowest BCUT2D eigenvalue weighted by Crippen LogP contribution is -2.27. The number of para-hydroxylation sites is 1. The Labute approximate surface area is 107 Å². The van der Waals surface area contributed by atoms with Gasteiger partial charge in [-0.05, 0) is 18.6 Å². The van der Waals surface area contributed by atoms with Crippen molar-refractivity contribution < 1.29 is 18.0 Å². The summed E-state index contributed by atoms with van der Waals surface area (Å²) in [6, 6.07) is 6.45. The van der Waals surface area contributed by atoms with Crippen molar-refractivity contribution in [3.8, 4) is 0 Å². The minimum Gasteiger partial charge on any atom is -0.261 e. The number of hydrogen-bond donors (Lipinski definition) is 1. The number of carbonyl (C=O) groups excluding carboxylic acids is 1. The molecule has 7 heteroatoms. The first kappa shape index (κ1) is 14.2. The number of thiol groups is 1. The van der Waals surface area contributed by atoms with Gasteiger partial charge in [0.2, 0.25) is 0 Å². The monoisotopic (exact) mass is 281 g/mol. The van der Waals surface area contributed by atoms with Gasteiger partial charge in [0.1, 0.15) is 0 Å². The van der Waals surface area contributed by atoms with E-state index < -0.39 is 17.2 Å². The van der Waals surface area contributed by atoms with Crippen molar-refractivity contribution in [2.75, 3.05) is 11.0 Å². The first-order valence-corrected chi connectivity index (χ1v) is 5.81. The second-order valence-electron chi connectivity index (χ2n) is 3.23. The van der Waals surface area contributed by atoms with Crippen LogP contribution in [-0.2, 0) is 0 Å². The van der Waals surface area contributed by atoms with Gasteiger partial charge in [0, 0.05) is 11.9 Å². The molecule has 2 nitrogen and oxygen atoms in total. The van der Waals surface area contributed by atoms with Gasteiger partial charge in [0.15, 0.2) is 6.67 Å². The van der Waals surface area contributed by atoms with Crippen molar-refractivity contribution in [2.24, 2.45) is 0 Å². The van der Waals surface area contributed by atoms with Gasteiger partial charge < -0.3 is 0 Å². The number of aryl methyl sites for hydroxylation is 1. The fourth-order valence-corrected chi connectivity index (χ4v) is 2.07. The maximum Gasteiger partial charge on any atom is 0.340 e. The Balaban J connectivity index is 3.03. The molecule has 0 N–H and O–H groups in total. The summed E-state index contributed by atoms with van der Waals surface area (Å²) in [5, 5.41) is -4.53. The van der Waals surface area contributed by atoms with Crippen molar-refractivity contribution in [2.45, 2.75) is 12.2 Å². The minimum atomic E-state index is -3.65. The van der Waals surface area contributed by atoms with E-state index in [4.69, 9.17) is 0 Å². The molecule has 1 amide bonds. The zero-order valence-corrected chi connectivity index (χ0v) is 10.6. The van der Waals surface area contributed by atoms with E-state index in [-0.39, 0.29) is 17.6 Å². The van der Waals surface area contributed by atoms with Crippen molar-refractivity contribution in [1.29, 1.82) is 0 Å². The molecule has 17 heavy (non-hydrogen) atoms. The number of hydrogen-bond acceptors (Lipinski definition) is 2. The van der Waals surface area contributed by atoms with Crippen LogP contribution in [0.3, 0.4) is 0 Å². The summed E-state index contributed by atoms with van der Waals surface area (Å²) in [6.07, 6.45) is 0. The molecule has 0 saturated heterocycles. The summed E-state index contributed by atoms with van der Waals surface area (Å²) in [7, 11) is 0. The molecule has 94 valence electrons. The molecule has 1 rings (SSSR count). The first-order valence-electron chi connectivity index (χ1n) is 4.59. The Morgan fingerprint density at radius 1 is 1.47 bits per heavy atom. The number of rotatable bonds is 4. The molecular formula is C10H10F3NOS2. The fourth-order valence-electron chi connectivity index (χ4n) is 1.14. The smallest absolute Gasteiger partial charge is 0.261 e. The normalized spacial score (nSPS) is 11.4. The van der Waals surface area contributed by atoms with Gasteiger partial charge in [0.25, 0.3) is 5.24 Å². The maximum absolute atomic E-state index is 12.9. The molecule has 0 fully saturated rings. The number of halogens is 3. The van der Waals surface area contributed by atoms with Crippen LogP contribution in [0.5, 0.6) is 0 Å². The Morgan fingerprint density at radius 3 is 2.53 bits per heavy atom. The molecular weight excluding hydrogens is 271 g/mol. The fraction of sp³-hybridized carbons (Fsp3) is 0.300. The van der Waals surface area contributed by atoms with E-state index in [9.17, 15) is 18.0 Å². The number of benzene rings is 1. The van der Waals surface area contributed by atoms with E-state index in [1.165, 1.54) is 6.07 Å². The zero-order valence-electron chi connectivity index (χ0n) is 8.86. The largest absolute Gasteiger partial charge is 0.340 e. The molecule has 0 atom stereocenters. The lowest BCUT2D eigenvalue weighted by molar-refractivity contribution is 0.0741. The third-order valence-corrected chi connectivity index (χ3v) is 3.15. The topological polar surface area (TPSA) is 20.3 Å². The molecule has 0 radical (unpaired) electrons. The van der Waals surface area contributed by atoms with Gasteiger partial charge in [-0.2, -0.15) is 8.78 Å². The second kappa shape index (κ2) is 5.68. The molecule has 1 aromatic carbocycles. The Morgan fingerprint density at radius 2 is 2.06 bits per heavy atom. The van der Waals surface area contributed by atoms with Crippen LogP contribution in [0.2, 0.25) is 0 Å². The van der Waals surface area contributed by atoms with Crippen molar-refractivity contribution in [3.63, 3.8) is 0 Å². The Hall–Kier alpha value is -0.820. The van der Waals surface area contributed by atoms with E-state index >= 15 is 0 Å². The summed E-state index contributed by atoms with van der Waals surface area (Å²) in [5.74, 6) is 0. The predicted molar refractivity (Wildman–Crippen MR) is 66.6 cm³/mol. The quantitative estimate of drug-likeness (QED) is 0.663. The number of carbonyl (C=O) groups is 1. The highest BCUT2D eigenvalue weighted by molar-refractivity contribution is 8.06. The molecule has 0 aliphatic carbocycles. The summed E-state index contributed by atoms with van der Waals surface area (Å²) in [5.41, 5.74) is 0.891. The van der Waals surface area contributed by atoms with Gasteiger partial charge in [-0.25, -0.2) is 8.70 Å². The van der Waals surface area contributed by atoms with E-state index in [0.717, 1.165) is 0 Å². The van der Waals surface area contributed by atoms with Crippen molar-refractivity contribution >= 4 is 35.5 Å². The first-order chi connectivity index (χ1) is 7.87. The average molecular weight is 281 g/mol. The van der Waals surface area contributed by atoms with Gasteiger partial charge in [-0.15, -0.1) is 0 Å². The highest BCUT2D eigenvalue weighted by Crippen LogP contribution is 2.37. The van der Waals surface area contributed by atoms with E-state index in [2.05, 4.69) is 12.6 Å². The van der Waals surface area contributed by atoms with Gasteiger partial charge in [0.05, 0.1) is 5.69 Å². The molecule has 0 spiro atoms. The van der Waals surface area contributed by atoms with Crippen LogP contribution < -0.4 is 4.31 Å². The molecule has 0 unspecified atom stereocenters. The maximum atomic E-state index is 12.9. The van der Waals surface area contributed by atoms with Gasteiger partial charge in [-0.1, -0.05) is 30.8 Å². The zero-order chi connectivity index (χ0) is 13.1. The lowest BCUT2D eigenvalue weighted by Gasteiger charge is -2.24. The van der Waals surface area contributed by atoms with Crippen molar-refractivity contribution in [1.82, 2.24) is 0 Å². The number of anilines is 1. The van der Waals surface area contributed by atoms with Crippen LogP contribution >= 0.6 is 24.6 Å².